The van der Waals surface area contributed by atoms with Gasteiger partial charge in [-0.2, -0.15) is 5.10 Å². The second-order valence-corrected chi connectivity index (χ2v) is 8.17. The van der Waals surface area contributed by atoms with Crippen LogP contribution in [0.25, 0.3) is 11.3 Å². The topological polar surface area (TPSA) is 74.4 Å². The third kappa shape index (κ3) is 4.50. The Balaban J connectivity index is 1.55. The van der Waals surface area contributed by atoms with E-state index in [4.69, 9.17) is 16.6 Å². The van der Waals surface area contributed by atoms with Gasteiger partial charge in [-0.25, -0.2) is 4.98 Å². The molecule has 2 aromatic heterocycles. The van der Waals surface area contributed by atoms with E-state index in [0.29, 0.717) is 28.8 Å². The van der Waals surface area contributed by atoms with Crippen molar-refractivity contribution < 1.29 is 0 Å². The van der Waals surface area contributed by atoms with Crippen molar-refractivity contribution in [2.45, 2.75) is 30.7 Å². The molecule has 0 spiro atoms. The third-order valence-electron chi connectivity index (χ3n) is 4.82. The van der Waals surface area contributed by atoms with Gasteiger partial charge in [-0.1, -0.05) is 91.0 Å². The minimum Gasteiger partial charge on any atom is -0.301 e. The van der Waals surface area contributed by atoms with Gasteiger partial charge in [0.05, 0.1) is 16.4 Å². The molecule has 0 aliphatic rings. The van der Waals surface area contributed by atoms with Crippen molar-refractivity contribution in [3.8, 4) is 11.3 Å². The highest BCUT2D eigenvalue weighted by molar-refractivity contribution is 7.98. The Morgan fingerprint density at radius 2 is 1.73 bits per heavy atom. The first kappa shape index (κ1) is 20.4. The second-order valence-electron chi connectivity index (χ2n) is 6.83. The zero-order chi connectivity index (χ0) is 20.9. The number of nitrogens with one attached hydrogen (secondary N) is 2. The van der Waals surface area contributed by atoms with E-state index >= 15 is 0 Å². The highest BCUT2D eigenvalue weighted by Crippen LogP contribution is 2.31. The first-order chi connectivity index (χ1) is 14.7. The quantitative estimate of drug-likeness (QED) is 0.306. The summed E-state index contributed by atoms with van der Waals surface area (Å²) in [6, 6.07) is 19.9. The van der Waals surface area contributed by atoms with E-state index in [2.05, 4.69) is 15.2 Å². The summed E-state index contributed by atoms with van der Waals surface area (Å²) in [5.74, 6) is 0.526. The summed E-state index contributed by atoms with van der Waals surface area (Å²) in [6.45, 7) is 1.98. The van der Waals surface area contributed by atoms with Gasteiger partial charge in [0.15, 0.2) is 5.16 Å². The summed E-state index contributed by atoms with van der Waals surface area (Å²) in [5, 5.41) is 8.53. The minimum absolute atomic E-state index is 0.0818. The van der Waals surface area contributed by atoms with Crippen LogP contribution in [0, 0.1) is 0 Å². The van der Waals surface area contributed by atoms with Crippen molar-refractivity contribution in [3.63, 3.8) is 0 Å². The molecule has 2 heterocycles. The van der Waals surface area contributed by atoms with Gasteiger partial charge in [0.25, 0.3) is 5.56 Å². The fourth-order valence-electron chi connectivity index (χ4n) is 3.28. The molecule has 0 fully saturated rings. The van der Waals surface area contributed by atoms with Crippen molar-refractivity contribution >= 4 is 23.4 Å². The number of hydrogen-bond donors (Lipinski definition) is 2. The number of nitrogens with zero attached hydrogens (tertiary/aromatic N) is 2. The number of halogens is 1. The molecule has 4 rings (SSSR count). The maximum atomic E-state index is 12.6. The number of benzene rings is 2. The summed E-state index contributed by atoms with van der Waals surface area (Å²) < 4.78 is 0. The van der Waals surface area contributed by atoms with E-state index in [-0.39, 0.29) is 5.56 Å². The van der Waals surface area contributed by atoms with Gasteiger partial charge in [0, 0.05) is 23.3 Å². The molecule has 0 unspecified atom stereocenters. The van der Waals surface area contributed by atoms with E-state index < -0.39 is 0 Å². The van der Waals surface area contributed by atoms with E-state index in [9.17, 15) is 4.79 Å². The van der Waals surface area contributed by atoms with Gasteiger partial charge >= 0.3 is 0 Å². The van der Waals surface area contributed by atoms with Gasteiger partial charge in [0.2, 0.25) is 0 Å². The number of aromatic nitrogens is 4. The van der Waals surface area contributed by atoms with Crippen LogP contribution in [-0.4, -0.2) is 20.2 Å². The Labute approximate surface area is 183 Å². The fourth-order valence-corrected chi connectivity index (χ4v) is 4.45. The van der Waals surface area contributed by atoms with Gasteiger partial charge in [-0.05, 0) is 12.0 Å². The van der Waals surface area contributed by atoms with Crippen LogP contribution >= 0.6 is 23.4 Å². The molecule has 2 aromatic carbocycles. The third-order valence-corrected chi connectivity index (χ3v) is 6.13. The Hall–Kier alpha value is -2.83. The molecule has 0 saturated carbocycles. The van der Waals surface area contributed by atoms with E-state index in [0.717, 1.165) is 33.8 Å². The summed E-state index contributed by atoms with van der Waals surface area (Å²) in [4.78, 5) is 20.2. The number of H-pyrrole nitrogens is 2. The van der Waals surface area contributed by atoms with Crippen LogP contribution in [0.3, 0.4) is 0 Å². The van der Waals surface area contributed by atoms with Crippen LogP contribution in [0.2, 0.25) is 5.02 Å². The van der Waals surface area contributed by atoms with E-state index in [1.807, 2.05) is 67.6 Å². The normalized spacial score (nSPS) is 11.0. The number of thioether (sulfide) groups is 1. The zero-order valence-corrected chi connectivity index (χ0v) is 18.1. The lowest BCUT2D eigenvalue weighted by molar-refractivity contribution is 0.834. The molecule has 0 bridgehead atoms. The fraction of sp³-hybridized carbons (Fsp3) is 0.174. The lowest BCUT2D eigenvalue weighted by atomic mass is 10.1. The van der Waals surface area contributed by atoms with Crippen molar-refractivity contribution in [1.82, 2.24) is 20.2 Å². The first-order valence-corrected chi connectivity index (χ1v) is 11.1. The maximum absolute atomic E-state index is 12.6. The Morgan fingerprint density at radius 3 is 2.43 bits per heavy atom. The van der Waals surface area contributed by atoms with Gasteiger partial charge < -0.3 is 4.98 Å². The first-order valence-electron chi connectivity index (χ1n) is 9.72. The largest absolute Gasteiger partial charge is 0.301 e. The van der Waals surface area contributed by atoms with Crippen LogP contribution in [0.4, 0.5) is 0 Å². The molecular weight excluding hydrogens is 416 g/mol. The average molecular weight is 437 g/mol. The molecule has 0 aliphatic heterocycles. The summed E-state index contributed by atoms with van der Waals surface area (Å²) in [6.07, 6.45) is 1.27. The Bertz CT molecular complexity index is 1190. The van der Waals surface area contributed by atoms with Gasteiger partial charge in [-0.15, -0.1) is 0 Å². The van der Waals surface area contributed by atoms with Crippen LogP contribution in [0.5, 0.6) is 0 Å². The van der Waals surface area contributed by atoms with E-state index in [1.54, 1.807) is 0 Å². The lowest BCUT2D eigenvalue weighted by Gasteiger charge is -2.09. The highest BCUT2D eigenvalue weighted by atomic mass is 35.5. The van der Waals surface area contributed by atoms with Gasteiger partial charge in [-0.3, -0.25) is 9.89 Å². The SMILES string of the molecule is CCc1c(Cc2ccccc2)nc(SCc2[nH]nc(-c3ccccc3)c2Cl)[nH]c1=O. The average Bonchev–Trinajstić information content (AvgIpc) is 3.14. The predicted octanol–water partition coefficient (Wildman–Crippen LogP) is 5.26. The van der Waals surface area contributed by atoms with Crippen LogP contribution < -0.4 is 5.56 Å². The number of aromatic amines is 2. The zero-order valence-electron chi connectivity index (χ0n) is 16.5. The summed E-state index contributed by atoms with van der Waals surface area (Å²) in [5.41, 5.74) is 5.07. The molecular formula is C23H21ClN4OS. The van der Waals surface area contributed by atoms with Crippen LogP contribution in [-0.2, 0) is 18.6 Å². The highest BCUT2D eigenvalue weighted by Gasteiger charge is 2.15. The summed E-state index contributed by atoms with van der Waals surface area (Å²) in [7, 11) is 0. The molecule has 0 atom stereocenters. The maximum Gasteiger partial charge on any atom is 0.254 e. The molecule has 4 aromatic rings. The van der Waals surface area contributed by atoms with Crippen molar-refractivity contribution in [2.24, 2.45) is 0 Å². The molecule has 152 valence electrons. The Kier molecular flexibility index (Phi) is 6.35. The number of hydrogen-bond acceptors (Lipinski definition) is 4. The monoisotopic (exact) mass is 436 g/mol. The molecule has 0 aliphatic carbocycles. The molecule has 0 radical (unpaired) electrons. The standard InChI is InChI=1S/C23H21ClN4OS/c1-2-17-18(13-15-9-5-3-6-10-15)25-23(26-22(17)29)30-14-19-20(24)21(28-27-19)16-11-7-4-8-12-16/h3-12H,2,13-14H2,1H3,(H,27,28)(H,25,26,29). The molecule has 0 amide bonds. The van der Waals surface area contributed by atoms with Crippen molar-refractivity contribution in [2.75, 3.05) is 0 Å². The molecule has 2 N–H and O–H groups in total. The van der Waals surface area contributed by atoms with Crippen molar-refractivity contribution in [1.29, 1.82) is 0 Å². The Morgan fingerprint density at radius 1 is 1.03 bits per heavy atom. The number of rotatable bonds is 7. The lowest BCUT2D eigenvalue weighted by Crippen LogP contribution is -2.18. The van der Waals surface area contributed by atoms with Crippen LogP contribution in [0.1, 0.15) is 29.4 Å². The summed E-state index contributed by atoms with van der Waals surface area (Å²) >= 11 is 7.98. The van der Waals surface area contributed by atoms with Crippen LogP contribution in [0.15, 0.2) is 70.6 Å². The predicted molar refractivity (Wildman–Crippen MR) is 122 cm³/mol. The molecule has 5 nitrogen and oxygen atoms in total. The molecule has 0 saturated heterocycles. The molecule has 7 heteroatoms. The smallest absolute Gasteiger partial charge is 0.254 e. The van der Waals surface area contributed by atoms with Crippen molar-refractivity contribution in [3.05, 3.63) is 98.6 Å². The molecule has 30 heavy (non-hydrogen) atoms. The second kappa shape index (κ2) is 9.32. The van der Waals surface area contributed by atoms with Gasteiger partial charge in [0.1, 0.15) is 5.69 Å². The van der Waals surface area contributed by atoms with E-state index in [1.165, 1.54) is 11.8 Å². The minimum atomic E-state index is -0.0818.